The molecule has 15 heavy (non-hydrogen) atoms. The Morgan fingerprint density at radius 2 is 1.80 bits per heavy atom. The molecule has 0 radical (unpaired) electrons. The second-order valence-electron chi connectivity index (χ2n) is 4.75. The Hall–Kier alpha value is -0.410. The van der Waals surface area contributed by atoms with Gasteiger partial charge in [0.25, 0.3) is 0 Å². The quantitative estimate of drug-likeness (QED) is 0.766. The molecule has 3 heteroatoms. The van der Waals surface area contributed by atoms with Gasteiger partial charge in [0.05, 0.1) is 0 Å². The van der Waals surface area contributed by atoms with Crippen LogP contribution in [0.15, 0.2) is 0 Å². The molecule has 0 aromatic heterocycles. The van der Waals surface area contributed by atoms with Gasteiger partial charge >= 0.3 is 0 Å². The number of nitrogens with one attached hydrogen (secondary N) is 1. The van der Waals surface area contributed by atoms with E-state index in [1.807, 2.05) is 0 Å². The number of carbonyl (C=O) groups is 1. The SMILES string of the molecule is O=C(CC1CCNCC1)C1CCOCC1. The van der Waals surface area contributed by atoms with Gasteiger partial charge in [-0.25, -0.2) is 0 Å². The van der Waals surface area contributed by atoms with Crippen molar-refractivity contribution in [2.75, 3.05) is 26.3 Å². The fraction of sp³-hybridized carbons (Fsp3) is 0.917. The molecule has 2 heterocycles. The molecule has 0 aromatic carbocycles. The lowest BCUT2D eigenvalue weighted by Gasteiger charge is -2.25. The molecule has 2 rings (SSSR count). The highest BCUT2D eigenvalue weighted by Crippen LogP contribution is 2.23. The van der Waals surface area contributed by atoms with Crippen molar-refractivity contribution in [3.8, 4) is 0 Å². The average molecular weight is 211 g/mol. The van der Waals surface area contributed by atoms with Crippen molar-refractivity contribution in [1.82, 2.24) is 5.32 Å². The first-order chi connectivity index (χ1) is 7.36. The van der Waals surface area contributed by atoms with Gasteiger partial charge in [-0.15, -0.1) is 0 Å². The third-order valence-electron chi connectivity index (χ3n) is 3.63. The fourth-order valence-corrected chi connectivity index (χ4v) is 2.56. The summed E-state index contributed by atoms with van der Waals surface area (Å²) >= 11 is 0. The van der Waals surface area contributed by atoms with E-state index in [4.69, 9.17) is 4.74 Å². The first-order valence-electron chi connectivity index (χ1n) is 6.17. The van der Waals surface area contributed by atoms with Crippen molar-refractivity contribution in [2.24, 2.45) is 11.8 Å². The number of rotatable bonds is 3. The van der Waals surface area contributed by atoms with Gasteiger partial charge in [0, 0.05) is 25.6 Å². The highest BCUT2D eigenvalue weighted by molar-refractivity contribution is 5.81. The number of ether oxygens (including phenoxy) is 1. The summed E-state index contributed by atoms with van der Waals surface area (Å²) in [6.45, 7) is 3.74. The van der Waals surface area contributed by atoms with Gasteiger partial charge in [0.15, 0.2) is 0 Å². The maximum atomic E-state index is 12.0. The monoisotopic (exact) mass is 211 g/mol. The number of Topliss-reactive ketones (excluding diaryl/α,β-unsaturated/α-hetero) is 1. The first kappa shape index (κ1) is 11.1. The molecule has 0 amide bonds. The molecule has 2 fully saturated rings. The number of ketones is 1. The second kappa shape index (κ2) is 5.61. The van der Waals surface area contributed by atoms with Crippen LogP contribution in [0, 0.1) is 11.8 Å². The summed E-state index contributed by atoms with van der Waals surface area (Å²) in [7, 11) is 0. The number of carbonyl (C=O) groups excluding carboxylic acids is 1. The van der Waals surface area contributed by atoms with Crippen LogP contribution in [0.5, 0.6) is 0 Å². The summed E-state index contributed by atoms with van der Waals surface area (Å²) in [5.41, 5.74) is 0. The molecule has 0 bridgehead atoms. The van der Waals surface area contributed by atoms with E-state index >= 15 is 0 Å². The topological polar surface area (TPSA) is 38.3 Å². The van der Waals surface area contributed by atoms with E-state index in [0.717, 1.165) is 45.6 Å². The minimum absolute atomic E-state index is 0.300. The molecular formula is C12H21NO2. The van der Waals surface area contributed by atoms with Gasteiger partial charge in [-0.05, 0) is 44.7 Å². The Bertz CT molecular complexity index is 206. The lowest BCUT2D eigenvalue weighted by atomic mass is 9.85. The van der Waals surface area contributed by atoms with Gasteiger partial charge in [-0.1, -0.05) is 0 Å². The largest absolute Gasteiger partial charge is 0.381 e. The van der Waals surface area contributed by atoms with E-state index in [1.165, 1.54) is 12.8 Å². The fourth-order valence-electron chi connectivity index (χ4n) is 2.56. The molecule has 0 aliphatic carbocycles. The smallest absolute Gasteiger partial charge is 0.136 e. The zero-order valence-corrected chi connectivity index (χ0v) is 9.34. The van der Waals surface area contributed by atoms with Crippen molar-refractivity contribution < 1.29 is 9.53 Å². The molecule has 2 saturated heterocycles. The molecule has 0 saturated carbocycles. The molecule has 0 spiro atoms. The molecule has 2 aliphatic rings. The molecule has 3 nitrogen and oxygen atoms in total. The summed E-state index contributed by atoms with van der Waals surface area (Å²) < 4.78 is 5.28. The van der Waals surface area contributed by atoms with Crippen LogP contribution in [0.2, 0.25) is 0 Å². The number of hydrogen-bond acceptors (Lipinski definition) is 3. The van der Waals surface area contributed by atoms with Crippen LogP contribution in [0.25, 0.3) is 0 Å². The molecule has 0 atom stereocenters. The van der Waals surface area contributed by atoms with E-state index in [2.05, 4.69) is 5.32 Å². The van der Waals surface area contributed by atoms with Crippen LogP contribution >= 0.6 is 0 Å². The van der Waals surface area contributed by atoms with Crippen molar-refractivity contribution >= 4 is 5.78 Å². The predicted molar refractivity (Wildman–Crippen MR) is 58.8 cm³/mol. The molecule has 1 N–H and O–H groups in total. The number of piperidine rings is 1. The van der Waals surface area contributed by atoms with Crippen LogP contribution in [0.1, 0.15) is 32.1 Å². The molecule has 86 valence electrons. The third kappa shape index (κ3) is 3.28. The van der Waals surface area contributed by atoms with Crippen LogP contribution in [-0.2, 0) is 9.53 Å². The Kier molecular flexibility index (Phi) is 4.15. The normalized spacial score (nSPS) is 25.3. The van der Waals surface area contributed by atoms with Gasteiger partial charge in [-0.3, -0.25) is 4.79 Å². The highest BCUT2D eigenvalue weighted by atomic mass is 16.5. The van der Waals surface area contributed by atoms with Gasteiger partial charge in [-0.2, -0.15) is 0 Å². The summed E-state index contributed by atoms with van der Waals surface area (Å²) in [5, 5.41) is 3.34. The second-order valence-corrected chi connectivity index (χ2v) is 4.75. The van der Waals surface area contributed by atoms with Crippen LogP contribution in [-0.4, -0.2) is 32.1 Å². The third-order valence-corrected chi connectivity index (χ3v) is 3.63. The van der Waals surface area contributed by atoms with Crippen molar-refractivity contribution in [3.63, 3.8) is 0 Å². The van der Waals surface area contributed by atoms with Crippen molar-refractivity contribution in [1.29, 1.82) is 0 Å². The molecule has 2 aliphatic heterocycles. The predicted octanol–water partition coefficient (Wildman–Crippen LogP) is 1.37. The maximum absolute atomic E-state index is 12.0. The van der Waals surface area contributed by atoms with Crippen LogP contribution in [0.4, 0.5) is 0 Å². The van der Waals surface area contributed by atoms with E-state index in [1.54, 1.807) is 0 Å². The molecule has 0 aromatic rings. The van der Waals surface area contributed by atoms with Gasteiger partial charge in [0.2, 0.25) is 0 Å². The van der Waals surface area contributed by atoms with E-state index < -0.39 is 0 Å². The van der Waals surface area contributed by atoms with Crippen molar-refractivity contribution in [3.05, 3.63) is 0 Å². The Labute approximate surface area is 91.6 Å². The number of hydrogen-bond donors (Lipinski definition) is 1. The summed E-state index contributed by atoms with van der Waals surface area (Å²) in [6.07, 6.45) is 5.06. The van der Waals surface area contributed by atoms with E-state index in [-0.39, 0.29) is 0 Å². The lowest BCUT2D eigenvalue weighted by Crippen LogP contribution is -2.31. The van der Waals surface area contributed by atoms with Gasteiger partial charge in [0.1, 0.15) is 5.78 Å². The Morgan fingerprint density at radius 3 is 2.47 bits per heavy atom. The highest BCUT2D eigenvalue weighted by Gasteiger charge is 2.24. The van der Waals surface area contributed by atoms with Gasteiger partial charge < -0.3 is 10.1 Å². The minimum atomic E-state index is 0.300. The Balaban J connectivity index is 1.74. The summed E-state index contributed by atoms with van der Waals surface area (Å²) in [4.78, 5) is 12.0. The minimum Gasteiger partial charge on any atom is -0.381 e. The summed E-state index contributed by atoms with van der Waals surface area (Å²) in [6, 6.07) is 0. The zero-order valence-electron chi connectivity index (χ0n) is 9.34. The molecular weight excluding hydrogens is 190 g/mol. The lowest BCUT2D eigenvalue weighted by molar-refractivity contribution is -0.126. The van der Waals surface area contributed by atoms with Crippen LogP contribution < -0.4 is 5.32 Å². The van der Waals surface area contributed by atoms with Crippen LogP contribution in [0.3, 0.4) is 0 Å². The zero-order chi connectivity index (χ0) is 10.5. The molecule has 0 unspecified atom stereocenters. The first-order valence-corrected chi connectivity index (χ1v) is 6.17. The Morgan fingerprint density at radius 1 is 1.13 bits per heavy atom. The standard InChI is InChI=1S/C12H21NO2/c14-12(11-3-7-15-8-4-11)9-10-1-5-13-6-2-10/h10-11,13H,1-9H2. The van der Waals surface area contributed by atoms with E-state index in [9.17, 15) is 4.79 Å². The average Bonchev–Trinajstić information content (AvgIpc) is 2.31. The summed E-state index contributed by atoms with van der Waals surface area (Å²) in [5.74, 6) is 1.43. The van der Waals surface area contributed by atoms with E-state index in [0.29, 0.717) is 17.6 Å². The van der Waals surface area contributed by atoms with Crippen molar-refractivity contribution in [2.45, 2.75) is 32.1 Å². The maximum Gasteiger partial charge on any atom is 0.136 e.